The Hall–Kier alpha value is -2.54. The van der Waals surface area contributed by atoms with Gasteiger partial charge in [0, 0.05) is 56.4 Å². The number of carbonyl (C=O) groups is 1. The van der Waals surface area contributed by atoms with Gasteiger partial charge in [0.15, 0.2) is 0 Å². The normalized spacial score (nSPS) is 23.6. The minimum atomic E-state index is -0.283. The van der Waals surface area contributed by atoms with Crippen LogP contribution in [0, 0.1) is 5.82 Å². The number of rotatable bonds is 3. The van der Waals surface area contributed by atoms with E-state index in [0.29, 0.717) is 31.6 Å². The van der Waals surface area contributed by atoms with Crippen LogP contribution >= 0.6 is 0 Å². The van der Waals surface area contributed by atoms with E-state index in [2.05, 4.69) is 15.2 Å². The lowest BCUT2D eigenvalue weighted by molar-refractivity contribution is -0.131. The molecule has 1 aromatic carbocycles. The topological polar surface area (TPSA) is 61.4 Å². The number of amides is 1. The van der Waals surface area contributed by atoms with Gasteiger partial charge in [0.1, 0.15) is 5.82 Å². The number of carbonyl (C=O) groups excluding carboxylic acids is 1. The molecule has 1 aromatic heterocycles. The van der Waals surface area contributed by atoms with Crippen LogP contribution in [0.3, 0.4) is 0 Å². The molecule has 7 heteroatoms. The molecular weight excluding hydrogens is 357 g/mol. The van der Waals surface area contributed by atoms with Crippen molar-refractivity contribution in [1.29, 1.82) is 0 Å². The van der Waals surface area contributed by atoms with Crippen LogP contribution in [0.2, 0.25) is 0 Å². The Bertz CT molecular complexity index is 871. The van der Waals surface area contributed by atoms with E-state index in [4.69, 9.17) is 4.98 Å². The fraction of sp³-hybridized carbons (Fsp3) is 0.476. The number of aromatic nitrogens is 2. The summed E-state index contributed by atoms with van der Waals surface area (Å²) in [6.07, 6.45) is 5.34. The van der Waals surface area contributed by atoms with Gasteiger partial charge < -0.3 is 15.1 Å². The Morgan fingerprint density at radius 1 is 1.18 bits per heavy atom. The van der Waals surface area contributed by atoms with Crippen LogP contribution in [0.5, 0.6) is 0 Å². The van der Waals surface area contributed by atoms with Crippen LogP contribution in [0.4, 0.5) is 10.3 Å². The van der Waals surface area contributed by atoms with Gasteiger partial charge in [-0.3, -0.25) is 4.79 Å². The summed E-state index contributed by atoms with van der Waals surface area (Å²) in [6.45, 7) is 3.22. The molecule has 5 rings (SSSR count). The van der Waals surface area contributed by atoms with E-state index in [9.17, 15) is 9.18 Å². The highest BCUT2D eigenvalue weighted by molar-refractivity contribution is 5.79. The largest absolute Gasteiger partial charge is 0.338 e. The Morgan fingerprint density at radius 3 is 2.68 bits per heavy atom. The van der Waals surface area contributed by atoms with Crippen LogP contribution in [0.1, 0.15) is 29.7 Å². The predicted octanol–water partition coefficient (Wildman–Crippen LogP) is 1.68. The zero-order chi connectivity index (χ0) is 19.1. The summed E-state index contributed by atoms with van der Waals surface area (Å²) in [7, 11) is 0. The lowest BCUT2D eigenvalue weighted by Crippen LogP contribution is -2.52. The van der Waals surface area contributed by atoms with Crippen LogP contribution < -0.4 is 10.2 Å². The number of benzene rings is 1. The second kappa shape index (κ2) is 7.13. The third kappa shape index (κ3) is 3.24. The molecule has 0 spiro atoms. The molecule has 2 aromatic rings. The first kappa shape index (κ1) is 17.6. The summed E-state index contributed by atoms with van der Waals surface area (Å²) in [5.41, 5.74) is 2.93. The average molecular weight is 381 g/mol. The van der Waals surface area contributed by atoms with E-state index in [1.165, 1.54) is 25.0 Å². The fourth-order valence-electron chi connectivity index (χ4n) is 4.64. The van der Waals surface area contributed by atoms with Crippen molar-refractivity contribution < 1.29 is 9.18 Å². The minimum absolute atomic E-state index is 0.0569. The number of nitrogens with zero attached hydrogens (tertiary/aromatic N) is 4. The SMILES string of the molecule is O=C(Cc1ccc(F)cc1)N1CCc2nc(N3C4CCC3CNC4)ncc2C1. The number of anilines is 1. The Balaban J connectivity index is 1.28. The molecule has 3 aliphatic rings. The number of nitrogens with one attached hydrogen (secondary N) is 1. The third-order valence-corrected chi connectivity index (χ3v) is 6.15. The molecule has 2 saturated heterocycles. The van der Waals surface area contributed by atoms with Crippen LogP contribution in [0.15, 0.2) is 30.5 Å². The summed E-state index contributed by atoms with van der Waals surface area (Å²) >= 11 is 0. The quantitative estimate of drug-likeness (QED) is 0.877. The maximum Gasteiger partial charge on any atom is 0.227 e. The van der Waals surface area contributed by atoms with E-state index in [0.717, 1.165) is 42.3 Å². The number of piperazine rings is 1. The lowest BCUT2D eigenvalue weighted by atomic mass is 10.1. The van der Waals surface area contributed by atoms with Crippen molar-refractivity contribution in [2.75, 3.05) is 24.5 Å². The van der Waals surface area contributed by atoms with Crippen molar-refractivity contribution >= 4 is 11.9 Å². The van der Waals surface area contributed by atoms with Crippen LogP contribution in [-0.4, -0.2) is 52.5 Å². The number of hydrogen-bond donors (Lipinski definition) is 1. The molecule has 4 heterocycles. The second-order valence-corrected chi connectivity index (χ2v) is 7.96. The molecule has 0 aliphatic carbocycles. The average Bonchev–Trinajstić information content (AvgIpc) is 2.97. The van der Waals surface area contributed by atoms with E-state index >= 15 is 0 Å². The molecule has 2 bridgehead atoms. The van der Waals surface area contributed by atoms with Gasteiger partial charge in [-0.05, 0) is 30.5 Å². The van der Waals surface area contributed by atoms with Crippen LogP contribution in [-0.2, 0) is 24.2 Å². The lowest BCUT2D eigenvalue weighted by Gasteiger charge is -2.36. The highest BCUT2D eigenvalue weighted by atomic mass is 19.1. The van der Waals surface area contributed by atoms with Gasteiger partial charge in [-0.15, -0.1) is 0 Å². The standard InChI is InChI=1S/C21H24FN5O/c22-16-3-1-14(2-4-16)9-20(28)26-8-7-19-15(13-26)10-24-21(25-19)27-17-5-6-18(27)12-23-11-17/h1-4,10,17-18,23H,5-9,11-13H2. The number of fused-ring (bicyclic) bond motifs is 3. The molecule has 2 fully saturated rings. The van der Waals surface area contributed by atoms with Gasteiger partial charge >= 0.3 is 0 Å². The molecule has 3 aliphatic heterocycles. The molecule has 1 amide bonds. The minimum Gasteiger partial charge on any atom is -0.338 e. The summed E-state index contributed by atoms with van der Waals surface area (Å²) in [6, 6.07) is 7.12. The predicted molar refractivity (Wildman–Crippen MR) is 103 cm³/mol. The van der Waals surface area contributed by atoms with E-state index < -0.39 is 0 Å². The van der Waals surface area contributed by atoms with Crippen molar-refractivity contribution in [2.24, 2.45) is 0 Å². The Labute approximate surface area is 163 Å². The zero-order valence-electron chi connectivity index (χ0n) is 15.8. The molecular formula is C21H24FN5O. The fourth-order valence-corrected chi connectivity index (χ4v) is 4.64. The van der Waals surface area contributed by atoms with Crippen LogP contribution in [0.25, 0.3) is 0 Å². The highest BCUT2D eigenvalue weighted by Crippen LogP contribution is 2.31. The van der Waals surface area contributed by atoms with Gasteiger partial charge in [-0.2, -0.15) is 0 Å². The first-order valence-corrected chi connectivity index (χ1v) is 10.0. The summed E-state index contributed by atoms with van der Waals surface area (Å²) in [4.78, 5) is 26.4. The van der Waals surface area contributed by atoms with Crippen molar-refractivity contribution in [3.05, 3.63) is 53.1 Å². The van der Waals surface area contributed by atoms with Crippen molar-refractivity contribution in [3.63, 3.8) is 0 Å². The van der Waals surface area contributed by atoms with E-state index in [-0.39, 0.29) is 11.7 Å². The molecule has 1 N–H and O–H groups in total. The molecule has 2 unspecified atom stereocenters. The summed E-state index contributed by atoms with van der Waals surface area (Å²) in [5.74, 6) is 0.620. The Kier molecular flexibility index (Phi) is 4.47. The first-order valence-electron chi connectivity index (χ1n) is 10.0. The highest BCUT2D eigenvalue weighted by Gasteiger charge is 2.38. The molecule has 6 nitrogen and oxygen atoms in total. The summed E-state index contributed by atoms with van der Waals surface area (Å²) < 4.78 is 13.0. The van der Waals surface area contributed by atoms with E-state index in [1.807, 2.05) is 11.1 Å². The number of halogens is 1. The molecule has 146 valence electrons. The number of hydrogen-bond acceptors (Lipinski definition) is 5. The first-order chi connectivity index (χ1) is 13.7. The maximum atomic E-state index is 13.0. The van der Waals surface area contributed by atoms with Gasteiger partial charge in [-0.25, -0.2) is 14.4 Å². The van der Waals surface area contributed by atoms with Crippen molar-refractivity contribution in [3.8, 4) is 0 Å². The zero-order valence-corrected chi connectivity index (χ0v) is 15.8. The smallest absolute Gasteiger partial charge is 0.227 e. The third-order valence-electron chi connectivity index (χ3n) is 6.15. The maximum absolute atomic E-state index is 13.0. The second-order valence-electron chi connectivity index (χ2n) is 7.96. The molecule has 2 atom stereocenters. The molecule has 0 saturated carbocycles. The molecule has 28 heavy (non-hydrogen) atoms. The van der Waals surface area contributed by atoms with Gasteiger partial charge in [0.2, 0.25) is 11.9 Å². The van der Waals surface area contributed by atoms with E-state index in [1.54, 1.807) is 12.1 Å². The Morgan fingerprint density at radius 2 is 1.93 bits per heavy atom. The van der Waals surface area contributed by atoms with Gasteiger partial charge in [0.25, 0.3) is 0 Å². The monoisotopic (exact) mass is 381 g/mol. The van der Waals surface area contributed by atoms with Gasteiger partial charge in [-0.1, -0.05) is 12.1 Å². The van der Waals surface area contributed by atoms with Gasteiger partial charge in [0.05, 0.1) is 12.1 Å². The van der Waals surface area contributed by atoms with Crippen molar-refractivity contribution in [2.45, 2.75) is 44.3 Å². The summed E-state index contributed by atoms with van der Waals surface area (Å²) in [5, 5.41) is 3.49. The van der Waals surface area contributed by atoms with Crippen molar-refractivity contribution in [1.82, 2.24) is 20.2 Å². The molecule has 0 radical (unpaired) electrons.